The van der Waals surface area contributed by atoms with Gasteiger partial charge in [-0.05, 0) is 25.2 Å². The minimum absolute atomic E-state index is 0.0732. The molecule has 1 aliphatic carbocycles. The number of nitrogens with two attached hydrogens (primary N) is 1. The lowest BCUT2D eigenvalue weighted by Crippen LogP contribution is -2.44. The van der Waals surface area contributed by atoms with Gasteiger partial charge >= 0.3 is 0 Å². The molecule has 2 N–H and O–H groups in total. The molecular weight excluding hydrogens is 158 g/mol. The third-order valence-electron chi connectivity index (χ3n) is 3.94. The van der Waals surface area contributed by atoms with E-state index in [9.17, 15) is 0 Å². The van der Waals surface area contributed by atoms with Gasteiger partial charge in [0.1, 0.15) is 0 Å². The summed E-state index contributed by atoms with van der Waals surface area (Å²) in [5.41, 5.74) is 6.42. The second kappa shape index (κ2) is 4.45. The maximum atomic E-state index is 6.35. The lowest BCUT2D eigenvalue weighted by Gasteiger charge is -2.33. The van der Waals surface area contributed by atoms with Crippen molar-refractivity contribution >= 4 is 0 Å². The van der Waals surface area contributed by atoms with Crippen LogP contribution in [-0.2, 0) is 0 Å². The molecule has 0 aromatic carbocycles. The second-order valence-electron chi connectivity index (χ2n) is 5.17. The first kappa shape index (κ1) is 11.0. The van der Waals surface area contributed by atoms with Crippen molar-refractivity contribution in [1.29, 1.82) is 0 Å². The van der Waals surface area contributed by atoms with Crippen molar-refractivity contribution in [3.05, 3.63) is 0 Å². The van der Waals surface area contributed by atoms with Crippen LogP contribution in [0.25, 0.3) is 0 Å². The molecule has 0 bridgehead atoms. The van der Waals surface area contributed by atoms with Gasteiger partial charge in [0.25, 0.3) is 0 Å². The molecule has 0 aliphatic heterocycles. The Kier molecular flexibility index (Phi) is 3.78. The molecule has 0 radical (unpaired) electrons. The van der Waals surface area contributed by atoms with Crippen LogP contribution in [0.15, 0.2) is 0 Å². The van der Waals surface area contributed by atoms with E-state index in [1.54, 1.807) is 0 Å². The van der Waals surface area contributed by atoms with Gasteiger partial charge in [0.05, 0.1) is 0 Å². The van der Waals surface area contributed by atoms with Gasteiger partial charge in [0, 0.05) is 5.54 Å². The summed E-state index contributed by atoms with van der Waals surface area (Å²) in [6.45, 7) is 6.76. The monoisotopic (exact) mass is 183 g/mol. The summed E-state index contributed by atoms with van der Waals surface area (Å²) in [5, 5.41) is 0. The first-order valence-electron chi connectivity index (χ1n) is 5.85. The summed E-state index contributed by atoms with van der Waals surface area (Å²) in [6, 6.07) is 0. The molecule has 1 rings (SSSR count). The maximum absolute atomic E-state index is 6.35. The fourth-order valence-electron chi connectivity index (χ4n) is 2.50. The second-order valence-corrected chi connectivity index (χ2v) is 5.17. The molecule has 2 unspecified atom stereocenters. The average molecular weight is 183 g/mol. The molecule has 0 aromatic rings. The SMILES string of the molecule is CCC(C)C(C)(N)CC1CCCC1. The predicted octanol–water partition coefficient (Wildman–Crippen LogP) is 3.33. The largest absolute Gasteiger partial charge is 0.325 e. The topological polar surface area (TPSA) is 26.0 Å². The maximum Gasteiger partial charge on any atom is 0.0154 e. The number of hydrogen-bond donors (Lipinski definition) is 1. The van der Waals surface area contributed by atoms with Gasteiger partial charge in [0.15, 0.2) is 0 Å². The standard InChI is InChI=1S/C12H25N/c1-4-10(2)12(3,13)9-11-7-5-6-8-11/h10-11H,4-9,13H2,1-3H3. The summed E-state index contributed by atoms with van der Waals surface area (Å²) in [6.07, 6.45) is 8.15. The lowest BCUT2D eigenvalue weighted by molar-refractivity contribution is 0.245. The van der Waals surface area contributed by atoms with Gasteiger partial charge < -0.3 is 5.73 Å². The summed E-state index contributed by atoms with van der Waals surface area (Å²) in [5.74, 6) is 1.58. The molecule has 0 spiro atoms. The van der Waals surface area contributed by atoms with Crippen LogP contribution in [0.2, 0.25) is 0 Å². The molecular formula is C12H25N. The Balaban J connectivity index is 2.40. The molecule has 13 heavy (non-hydrogen) atoms. The summed E-state index contributed by atoms with van der Waals surface area (Å²) in [7, 11) is 0. The molecule has 0 saturated heterocycles. The van der Waals surface area contributed by atoms with E-state index in [2.05, 4.69) is 20.8 Å². The van der Waals surface area contributed by atoms with Crippen molar-refractivity contribution in [2.75, 3.05) is 0 Å². The minimum Gasteiger partial charge on any atom is -0.325 e. The van der Waals surface area contributed by atoms with Gasteiger partial charge in [-0.1, -0.05) is 46.0 Å². The van der Waals surface area contributed by atoms with Crippen LogP contribution >= 0.6 is 0 Å². The molecule has 2 atom stereocenters. The Bertz CT molecular complexity index is 145. The molecule has 0 heterocycles. The smallest absolute Gasteiger partial charge is 0.0154 e. The Hall–Kier alpha value is -0.0400. The van der Waals surface area contributed by atoms with Crippen LogP contribution in [0.4, 0.5) is 0 Å². The van der Waals surface area contributed by atoms with E-state index in [4.69, 9.17) is 5.73 Å². The molecule has 1 aliphatic rings. The molecule has 1 heteroatoms. The van der Waals surface area contributed by atoms with Crippen LogP contribution in [0, 0.1) is 11.8 Å². The Morgan fingerprint density at radius 3 is 2.38 bits per heavy atom. The van der Waals surface area contributed by atoms with Crippen LogP contribution in [0.5, 0.6) is 0 Å². The molecule has 1 fully saturated rings. The van der Waals surface area contributed by atoms with Gasteiger partial charge in [-0.2, -0.15) is 0 Å². The van der Waals surface area contributed by atoms with E-state index in [0.29, 0.717) is 5.92 Å². The molecule has 0 aromatic heterocycles. The molecule has 1 nitrogen and oxygen atoms in total. The Morgan fingerprint density at radius 2 is 1.92 bits per heavy atom. The minimum atomic E-state index is 0.0732. The first-order valence-corrected chi connectivity index (χ1v) is 5.85. The van der Waals surface area contributed by atoms with E-state index >= 15 is 0 Å². The summed E-state index contributed by atoms with van der Waals surface area (Å²) < 4.78 is 0. The van der Waals surface area contributed by atoms with Gasteiger partial charge in [0.2, 0.25) is 0 Å². The highest BCUT2D eigenvalue weighted by atomic mass is 14.7. The normalized spacial score (nSPS) is 25.8. The number of hydrogen-bond acceptors (Lipinski definition) is 1. The van der Waals surface area contributed by atoms with Crippen molar-refractivity contribution in [2.45, 2.75) is 64.8 Å². The molecule has 78 valence electrons. The third kappa shape index (κ3) is 2.98. The van der Waals surface area contributed by atoms with Crippen molar-refractivity contribution in [3.8, 4) is 0 Å². The Labute approximate surface area is 83.1 Å². The van der Waals surface area contributed by atoms with Crippen LogP contribution in [-0.4, -0.2) is 5.54 Å². The zero-order chi connectivity index (χ0) is 9.90. The van der Waals surface area contributed by atoms with E-state index in [-0.39, 0.29) is 5.54 Å². The van der Waals surface area contributed by atoms with E-state index < -0.39 is 0 Å². The van der Waals surface area contributed by atoms with Crippen LogP contribution in [0.1, 0.15) is 59.3 Å². The van der Waals surface area contributed by atoms with Crippen molar-refractivity contribution < 1.29 is 0 Å². The van der Waals surface area contributed by atoms with Crippen molar-refractivity contribution in [1.82, 2.24) is 0 Å². The number of rotatable bonds is 4. The first-order chi connectivity index (χ1) is 6.06. The highest BCUT2D eigenvalue weighted by Gasteiger charge is 2.29. The van der Waals surface area contributed by atoms with Gasteiger partial charge in [-0.25, -0.2) is 0 Å². The Morgan fingerprint density at radius 1 is 1.38 bits per heavy atom. The summed E-state index contributed by atoms with van der Waals surface area (Å²) in [4.78, 5) is 0. The molecule has 0 amide bonds. The van der Waals surface area contributed by atoms with E-state index in [1.807, 2.05) is 0 Å². The van der Waals surface area contributed by atoms with E-state index in [0.717, 1.165) is 5.92 Å². The van der Waals surface area contributed by atoms with Gasteiger partial charge in [-0.3, -0.25) is 0 Å². The predicted molar refractivity (Wildman–Crippen MR) is 58.6 cm³/mol. The third-order valence-corrected chi connectivity index (χ3v) is 3.94. The average Bonchev–Trinajstić information content (AvgIpc) is 2.54. The highest BCUT2D eigenvalue weighted by molar-refractivity contribution is 4.87. The van der Waals surface area contributed by atoms with E-state index in [1.165, 1.54) is 38.5 Å². The zero-order valence-electron chi connectivity index (χ0n) is 9.47. The zero-order valence-corrected chi connectivity index (χ0v) is 9.47. The fourth-order valence-corrected chi connectivity index (χ4v) is 2.50. The highest BCUT2D eigenvalue weighted by Crippen LogP contribution is 2.34. The van der Waals surface area contributed by atoms with Crippen LogP contribution in [0.3, 0.4) is 0 Å². The molecule has 1 saturated carbocycles. The quantitative estimate of drug-likeness (QED) is 0.711. The van der Waals surface area contributed by atoms with Crippen LogP contribution < -0.4 is 5.73 Å². The summed E-state index contributed by atoms with van der Waals surface area (Å²) >= 11 is 0. The van der Waals surface area contributed by atoms with Crippen molar-refractivity contribution in [2.24, 2.45) is 17.6 Å². The fraction of sp³-hybridized carbons (Fsp3) is 1.00. The van der Waals surface area contributed by atoms with Crippen molar-refractivity contribution in [3.63, 3.8) is 0 Å². The van der Waals surface area contributed by atoms with Gasteiger partial charge in [-0.15, -0.1) is 0 Å². The lowest BCUT2D eigenvalue weighted by atomic mass is 9.78.